The number of benzene rings is 3. The molecule has 3 saturated heterocycles. The molecule has 0 bridgehead atoms. The van der Waals surface area contributed by atoms with Crippen LogP contribution >= 0.6 is 0 Å². The van der Waals surface area contributed by atoms with E-state index in [9.17, 15) is 19.5 Å². The Morgan fingerprint density at radius 2 is 1.75 bits per heavy atom. The van der Waals surface area contributed by atoms with E-state index < -0.39 is 11.9 Å². The van der Waals surface area contributed by atoms with Crippen LogP contribution in [0.3, 0.4) is 0 Å². The predicted molar refractivity (Wildman–Crippen MR) is 219 cm³/mol. The zero-order valence-electron chi connectivity index (χ0n) is 32.1. The van der Waals surface area contributed by atoms with Crippen LogP contribution in [-0.2, 0) is 27.9 Å². The largest absolute Gasteiger partial charge is 0.507 e. The molecule has 3 aliphatic rings. The van der Waals surface area contributed by atoms with Gasteiger partial charge in [0.15, 0.2) is 0 Å². The molecule has 4 heterocycles. The molecule has 7 rings (SSSR count). The van der Waals surface area contributed by atoms with Crippen LogP contribution in [0.4, 0.5) is 5.69 Å². The first-order valence-corrected chi connectivity index (χ1v) is 19.2. The van der Waals surface area contributed by atoms with Crippen molar-refractivity contribution in [2.75, 3.05) is 63.9 Å². The first kappa shape index (κ1) is 39.0. The van der Waals surface area contributed by atoms with Crippen LogP contribution in [0, 0.1) is 11.8 Å². The van der Waals surface area contributed by atoms with E-state index in [1.54, 1.807) is 31.3 Å². The normalized spacial score (nSPS) is 19.3. The number of hydrogen-bond acceptors (Lipinski definition) is 12. The summed E-state index contributed by atoms with van der Waals surface area (Å²) in [6.07, 6.45) is 2.22. The number of para-hydroxylation sites is 2. The summed E-state index contributed by atoms with van der Waals surface area (Å²) < 4.78 is 9.07. The van der Waals surface area contributed by atoms with Crippen molar-refractivity contribution in [3.05, 3.63) is 111 Å². The molecule has 2 amide bonds. The summed E-state index contributed by atoms with van der Waals surface area (Å²) in [6.45, 7) is 7.08. The molecule has 9 N–H and O–H groups in total. The van der Waals surface area contributed by atoms with Crippen molar-refractivity contribution in [2.45, 2.75) is 31.5 Å². The van der Waals surface area contributed by atoms with Crippen molar-refractivity contribution in [3.8, 4) is 17.6 Å². The number of imidazole rings is 1. The van der Waals surface area contributed by atoms with Gasteiger partial charge < -0.3 is 42.2 Å². The number of carbonyl (C=O) groups is 2. The molecule has 3 fully saturated rings. The summed E-state index contributed by atoms with van der Waals surface area (Å²) in [5, 5.41) is 16.1. The second kappa shape index (κ2) is 17.3. The fourth-order valence-corrected chi connectivity index (χ4v) is 7.77. The topological polar surface area (TPSA) is 202 Å². The van der Waals surface area contributed by atoms with Gasteiger partial charge in [0.2, 0.25) is 11.8 Å². The van der Waals surface area contributed by atoms with Crippen molar-refractivity contribution in [2.24, 2.45) is 24.2 Å². The summed E-state index contributed by atoms with van der Waals surface area (Å²) in [6, 6.07) is 20.3. The monoisotopic (exact) mass is 774 g/mol. The summed E-state index contributed by atoms with van der Waals surface area (Å²) in [7, 11) is 1.68. The average Bonchev–Trinajstić information content (AvgIpc) is 3.46. The van der Waals surface area contributed by atoms with Crippen LogP contribution < -0.4 is 38.4 Å². The molecule has 57 heavy (non-hydrogen) atoms. The molecule has 15 heteroatoms. The molecular formula is C42H50N10O5. The number of piperazine rings is 1. The van der Waals surface area contributed by atoms with E-state index in [0.29, 0.717) is 72.9 Å². The quantitative estimate of drug-likeness (QED) is 0.0762. The number of aromatic hydroxyl groups is 1. The number of allylic oxidation sites excluding steroid dienone is 1. The van der Waals surface area contributed by atoms with Gasteiger partial charge in [-0.25, -0.2) is 4.79 Å². The number of aromatic nitrogens is 2. The molecule has 3 aromatic carbocycles. The van der Waals surface area contributed by atoms with E-state index in [2.05, 4.69) is 61.4 Å². The molecule has 15 nitrogen and oxygen atoms in total. The number of rotatable bonds is 10. The number of nitrogens with zero attached hydrogens (tertiary/aromatic N) is 5. The number of imide groups is 1. The van der Waals surface area contributed by atoms with Gasteiger partial charge in [0.25, 0.3) is 0 Å². The van der Waals surface area contributed by atoms with Crippen molar-refractivity contribution in [3.63, 3.8) is 0 Å². The van der Waals surface area contributed by atoms with E-state index in [1.807, 2.05) is 24.3 Å². The van der Waals surface area contributed by atoms with Crippen LogP contribution in [0.1, 0.15) is 35.6 Å². The standard InChI is InChI=1S/C42H50N10O5/c1-48-39-29(6-4-9-34(39)52(42(48)56)35-15-16-38(54)47-41(35)55)7-5-17-49-22-23-57-31(27-49)26-46-25-28-11-13-30(14-12-28)50-18-20-51(21-19-50)36(40(44)45)24-33(43)32-8-2-3-10-37(32)53/h2-4,6,8-14,24,31,35,46,53H,15-23,25-27,43-45H2,1H3,(H,47,54,55)/b33-24-/t31-,35?/m1/s1. The lowest BCUT2D eigenvalue weighted by Crippen LogP contribution is -2.46. The summed E-state index contributed by atoms with van der Waals surface area (Å²) >= 11 is 0. The minimum atomic E-state index is -0.740. The number of phenolic OH excluding ortho intramolecular Hbond substituents is 1. The third-order valence-corrected chi connectivity index (χ3v) is 10.8. The Labute approximate surface area is 331 Å². The lowest BCUT2D eigenvalue weighted by molar-refractivity contribution is -0.135. The Hall–Kier alpha value is -6.21. The van der Waals surface area contributed by atoms with Crippen molar-refractivity contribution < 1.29 is 19.4 Å². The SMILES string of the molecule is Cn1c(=O)n(C2CCC(=O)NC2=O)c2cccc(C#CCN3CCO[C@H](CNCc4ccc(N5CCN(C(/C=C(\N)c6ccccc6O)=C(N)N)CC5)cc4)C3)c21. The van der Waals surface area contributed by atoms with Gasteiger partial charge in [-0.1, -0.05) is 42.2 Å². The van der Waals surface area contributed by atoms with Gasteiger partial charge in [-0.15, -0.1) is 0 Å². The highest BCUT2D eigenvalue weighted by molar-refractivity contribution is 6.00. The Morgan fingerprint density at radius 3 is 2.49 bits per heavy atom. The molecule has 0 radical (unpaired) electrons. The van der Waals surface area contributed by atoms with Crippen LogP contribution in [0.15, 0.2) is 89.1 Å². The second-order valence-corrected chi connectivity index (χ2v) is 14.6. The molecule has 4 aromatic rings. The maximum atomic E-state index is 13.3. The Bertz CT molecular complexity index is 2310. The molecule has 298 valence electrons. The molecular weight excluding hydrogens is 725 g/mol. The van der Waals surface area contributed by atoms with Gasteiger partial charge in [-0.2, -0.15) is 0 Å². The molecule has 1 unspecified atom stereocenters. The molecule has 1 aromatic heterocycles. The number of fused-ring (bicyclic) bond motifs is 1. The van der Waals surface area contributed by atoms with Crippen molar-refractivity contribution in [1.29, 1.82) is 0 Å². The molecule has 3 aliphatic heterocycles. The molecule has 2 atom stereocenters. The summed E-state index contributed by atoms with van der Waals surface area (Å²) in [5.41, 5.74) is 24.0. The van der Waals surface area contributed by atoms with Gasteiger partial charge in [0.05, 0.1) is 41.5 Å². The van der Waals surface area contributed by atoms with Crippen LogP contribution in [0.5, 0.6) is 5.75 Å². The third-order valence-electron chi connectivity index (χ3n) is 10.8. The lowest BCUT2D eigenvalue weighted by atomic mass is 10.1. The second-order valence-electron chi connectivity index (χ2n) is 14.6. The molecule has 0 aliphatic carbocycles. The Balaban J connectivity index is 0.883. The lowest BCUT2D eigenvalue weighted by Gasteiger charge is -2.38. The first-order chi connectivity index (χ1) is 27.6. The number of carbonyl (C=O) groups excluding carboxylic acids is 2. The Kier molecular flexibility index (Phi) is 11.8. The summed E-state index contributed by atoms with van der Waals surface area (Å²) in [5.74, 6) is 6.05. The number of aryl methyl sites for hydroxylation is 1. The van der Waals surface area contributed by atoms with Crippen molar-refractivity contribution in [1.82, 2.24) is 29.6 Å². The van der Waals surface area contributed by atoms with E-state index in [-0.39, 0.29) is 42.1 Å². The number of morpholine rings is 1. The van der Waals surface area contributed by atoms with Crippen LogP contribution in [0.25, 0.3) is 16.7 Å². The summed E-state index contributed by atoms with van der Waals surface area (Å²) in [4.78, 5) is 44.3. The number of piperidine rings is 1. The van der Waals surface area contributed by atoms with E-state index in [1.165, 1.54) is 14.7 Å². The minimum absolute atomic E-state index is 0.0213. The minimum Gasteiger partial charge on any atom is -0.507 e. The number of nitrogens with one attached hydrogen (secondary N) is 2. The maximum absolute atomic E-state index is 13.3. The highest BCUT2D eigenvalue weighted by Crippen LogP contribution is 2.26. The number of ether oxygens (including phenoxy) is 1. The highest BCUT2D eigenvalue weighted by atomic mass is 16.5. The van der Waals surface area contributed by atoms with Crippen molar-refractivity contribution >= 4 is 34.2 Å². The average molecular weight is 775 g/mol. The van der Waals surface area contributed by atoms with E-state index in [4.69, 9.17) is 21.9 Å². The molecule has 0 saturated carbocycles. The predicted octanol–water partition coefficient (Wildman–Crippen LogP) is 1.07. The Morgan fingerprint density at radius 1 is 0.982 bits per heavy atom. The third kappa shape index (κ3) is 8.78. The smallest absolute Gasteiger partial charge is 0.329 e. The van der Waals surface area contributed by atoms with Gasteiger partial charge in [-0.3, -0.25) is 28.9 Å². The zero-order chi connectivity index (χ0) is 40.1. The van der Waals surface area contributed by atoms with Gasteiger partial charge in [0.1, 0.15) is 17.6 Å². The first-order valence-electron chi connectivity index (χ1n) is 19.2. The number of anilines is 1. The van der Waals surface area contributed by atoms with Crippen LogP contribution in [-0.4, -0.2) is 101 Å². The molecule has 0 spiro atoms. The highest BCUT2D eigenvalue weighted by Gasteiger charge is 2.31. The fourth-order valence-electron chi connectivity index (χ4n) is 7.77. The fraction of sp³-hybridized carbons (Fsp3) is 0.357. The van der Waals surface area contributed by atoms with E-state index >= 15 is 0 Å². The van der Waals surface area contributed by atoms with Gasteiger partial charge in [-0.05, 0) is 54.5 Å². The van der Waals surface area contributed by atoms with Gasteiger partial charge >= 0.3 is 5.69 Å². The van der Waals surface area contributed by atoms with E-state index in [0.717, 1.165) is 31.9 Å². The number of phenols is 1. The zero-order valence-corrected chi connectivity index (χ0v) is 32.1. The maximum Gasteiger partial charge on any atom is 0.329 e. The number of nitrogens with two attached hydrogens (primary N) is 3. The number of amides is 2. The van der Waals surface area contributed by atoms with Gasteiger partial charge in [0, 0.05) is 82.8 Å². The number of hydrogen-bond donors (Lipinski definition) is 6. The van der Waals surface area contributed by atoms with Crippen LogP contribution in [0.2, 0.25) is 0 Å².